The van der Waals surface area contributed by atoms with Gasteiger partial charge in [-0.25, -0.2) is 9.97 Å². The van der Waals surface area contributed by atoms with Crippen molar-refractivity contribution in [2.75, 3.05) is 18.5 Å². The van der Waals surface area contributed by atoms with Crippen molar-refractivity contribution in [3.8, 4) is 17.1 Å². The average Bonchev–Trinajstić information content (AvgIpc) is 3.09. The van der Waals surface area contributed by atoms with E-state index < -0.39 is 0 Å². The van der Waals surface area contributed by atoms with Crippen LogP contribution in [-0.4, -0.2) is 39.3 Å². The number of hydrogen-bond acceptors (Lipinski definition) is 6. The number of benzene rings is 1. The molecule has 2 atom stereocenters. The first kappa shape index (κ1) is 17.4. The van der Waals surface area contributed by atoms with Crippen molar-refractivity contribution in [1.29, 1.82) is 0 Å². The van der Waals surface area contributed by atoms with E-state index in [4.69, 9.17) is 4.74 Å². The number of aromatic hydroxyl groups is 1. The first-order valence-electron chi connectivity index (χ1n) is 9.06. The third kappa shape index (κ3) is 4.06. The van der Waals surface area contributed by atoms with E-state index >= 15 is 0 Å². The van der Waals surface area contributed by atoms with Gasteiger partial charge in [0.25, 0.3) is 0 Å². The summed E-state index contributed by atoms with van der Waals surface area (Å²) in [6, 6.07) is 13.3. The molecule has 6 nitrogen and oxygen atoms in total. The highest BCUT2D eigenvalue weighted by Crippen LogP contribution is 2.28. The molecular weight excluding hydrogens is 340 g/mol. The van der Waals surface area contributed by atoms with Gasteiger partial charge in [-0.3, -0.25) is 4.98 Å². The molecule has 0 radical (unpaired) electrons. The molecule has 138 valence electrons. The predicted octanol–water partition coefficient (Wildman–Crippen LogP) is 3.22. The van der Waals surface area contributed by atoms with Crippen LogP contribution in [0.5, 0.6) is 5.75 Å². The Morgan fingerprint density at radius 3 is 2.74 bits per heavy atom. The number of hydrogen-bond donors (Lipinski definition) is 2. The maximum atomic E-state index is 10.1. The van der Waals surface area contributed by atoms with Gasteiger partial charge in [0.15, 0.2) is 5.82 Å². The van der Waals surface area contributed by atoms with E-state index in [1.165, 1.54) is 5.56 Å². The third-order valence-corrected chi connectivity index (χ3v) is 4.78. The fourth-order valence-corrected chi connectivity index (χ4v) is 3.40. The largest absolute Gasteiger partial charge is 0.507 e. The molecule has 2 N–H and O–H groups in total. The molecule has 0 aliphatic carbocycles. The van der Waals surface area contributed by atoms with Gasteiger partial charge in [-0.2, -0.15) is 0 Å². The van der Waals surface area contributed by atoms with Crippen LogP contribution >= 0.6 is 0 Å². The van der Waals surface area contributed by atoms with Gasteiger partial charge in [0.2, 0.25) is 0 Å². The van der Waals surface area contributed by atoms with Gasteiger partial charge in [-0.15, -0.1) is 0 Å². The number of nitrogens with one attached hydrogen (secondary N) is 1. The maximum Gasteiger partial charge on any atom is 0.165 e. The Balaban J connectivity index is 1.54. The normalized spacial score (nSPS) is 19.1. The zero-order valence-electron chi connectivity index (χ0n) is 15.2. The van der Waals surface area contributed by atoms with E-state index in [0.717, 1.165) is 24.5 Å². The lowest BCUT2D eigenvalue weighted by molar-refractivity contribution is 0.185. The van der Waals surface area contributed by atoms with Crippen LogP contribution in [0.4, 0.5) is 5.82 Å². The highest BCUT2D eigenvalue weighted by Gasteiger charge is 2.28. The highest BCUT2D eigenvalue weighted by atomic mass is 16.5. The number of rotatable bonds is 5. The van der Waals surface area contributed by atoms with Crippen molar-refractivity contribution in [3.05, 3.63) is 66.1 Å². The van der Waals surface area contributed by atoms with Gasteiger partial charge in [-0.05, 0) is 43.2 Å². The van der Waals surface area contributed by atoms with Gasteiger partial charge in [0.1, 0.15) is 11.6 Å². The molecule has 6 heteroatoms. The predicted molar refractivity (Wildman–Crippen MR) is 104 cm³/mol. The third-order valence-electron chi connectivity index (χ3n) is 4.78. The van der Waals surface area contributed by atoms with Crippen molar-refractivity contribution in [1.82, 2.24) is 15.0 Å². The quantitative estimate of drug-likeness (QED) is 0.725. The Kier molecular flexibility index (Phi) is 4.98. The Morgan fingerprint density at radius 1 is 1.11 bits per heavy atom. The van der Waals surface area contributed by atoms with Gasteiger partial charge in [-0.1, -0.05) is 12.1 Å². The molecule has 0 amide bonds. The number of ether oxygens (including phenoxy) is 1. The second kappa shape index (κ2) is 7.72. The summed E-state index contributed by atoms with van der Waals surface area (Å²) in [5.74, 6) is 1.79. The van der Waals surface area contributed by atoms with Gasteiger partial charge < -0.3 is 15.2 Å². The van der Waals surface area contributed by atoms with Crippen LogP contribution in [-0.2, 0) is 11.2 Å². The molecule has 0 spiro atoms. The standard InChI is InChI=1S/C21H22N4O2/c1-14-10-20(25-21(23-14)17-4-2-3-5-19(17)26)24-18-13-27-12-16(18)11-15-6-8-22-9-7-15/h2-10,16,18,26H,11-13H2,1H3,(H,23,24,25)/t16-,18-/m1/s1. The van der Waals surface area contributed by atoms with Gasteiger partial charge >= 0.3 is 0 Å². The molecule has 1 aliphatic rings. The van der Waals surface area contributed by atoms with Crippen LogP contribution < -0.4 is 5.32 Å². The summed E-state index contributed by atoms with van der Waals surface area (Å²) in [5.41, 5.74) is 2.72. The summed E-state index contributed by atoms with van der Waals surface area (Å²) in [4.78, 5) is 13.2. The van der Waals surface area contributed by atoms with Gasteiger partial charge in [0, 0.05) is 30.1 Å². The molecular formula is C21H22N4O2. The molecule has 0 saturated carbocycles. The highest BCUT2D eigenvalue weighted by molar-refractivity contribution is 5.64. The number of aromatic nitrogens is 3. The molecule has 3 heterocycles. The number of pyridine rings is 1. The summed E-state index contributed by atoms with van der Waals surface area (Å²) < 4.78 is 5.72. The van der Waals surface area contributed by atoms with Crippen molar-refractivity contribution < 1.29 is 9.84 Å². The second-order valence-electron chi connectivity index (χ2n) is 6.84. The summed E-state index contributed by atoms with van der Waals surface area (Å²) in [5, 5.41) is 13.6. The molecule has 1 fully saturated rings. The topological polar surface area (TPSA) is 80.2 Å². The summed E-state index contributed by atoms with van der Waals surface area (Å²) in [6.07, 6.45) is 4.57. The summed E-state index contributed by atoms with van der Waals surface area (Å²) in [6.45, 7) is 3.29. The first-order valence-corrected chi connectivity index (χ1v) is 9.06. The zero-order valence-corrected chi connectivity index (χ0v) is 15.2. The van der Waals surface area contributed by atoms with Crippen LogP contribution in [0.15, 0.2) is 54.9 Å². The van der Waals surface area contributed by atoms with Crippen LogP contribution in [0, 0.1) is 12.8 Å². The van der Waals surface area contributed by atoms with Crippen molar-refractivity contribution in [3.63, 3.8) is 0 Å². The molecule has 4 rings (SSSR count). The molecule has 1 aromatic carbocycles. The Morgan fingerprint density at radius 2 is 1.93 bits per heavy atom. The Hall–Kier alpha value is -2.99. The molecule has 2 aromatic heterocycles. The monoisotopic (exact) mass is 362 g/mol. The van der Waals surface area contributed by atoms with E-state index in [-0.39, 0.29) is 11.8 Å². The molecule has 0 bridgehead atoms. The van der Waals surface area contributed by atoms with E-state index in [1.807, 2.05) is 49.6 Å². The molecule has 27 heavy (non-hydrogen) atoms. The summed E-state index contributed by atoms with van der Waals surface area (Å²) in [7, 11) is 0. The van der Waals surface area contributed by atoms with Crippen LogP contribution in [0.2, 0.25) is 0 Å². The number of anilines is 1. The van der Waals surface area contributed by atoms with Crippen molar-refractivity contribution in [2.24, 2.45) is 5.92 Å². The molecule has 1 aliphatic heterocycles. The number of nitrogens with zero attached hydrogens (tertiary/aromatic N) is 3. The number of phenolic OH excluding ortho intramolecular Hbond substituents is 1. The molecule has 1 saturated heterocycles. The number of phenols is 1. The van der Waals surface area contributed by atoms with Crippen LogP contribution in [0.1, 0.15) is 11.3 Å². The van der Waals surface area contributed by atoms with E-state index in [2.05, 4.69) is 20.3 Å². The summed E-state index contributed by atoms with van der Waals surface area (Å²) >= 11 is 0. The maximum absolute atomic E-state index is 10.1. The minimum atomic E-state index is 0.171. The minimum Gasteiger partial charge on any atom is -0.507 e. The molecule has 3 aromatic rings. The molecule has 0 unspecified atom stereocenters. The number of para-hydroxylation sites is 1. The fraction of sp³-hybridized carbons (Fsp3) is 0.286. The van der Waals surface area contributed by atoms with Crippen LogP contribution in [0.3, 0.4) is 0 Å². The Labute approximate surface area is 158 Å². The fourth-order valence-electron chi connectivity index (χ4n) is 3.40. The number of aryl methyl sites for hydroxylation is 1. The minimum absolute atomic E-state index is 0.171. The van der Waals surface area contributed by atoms with E-state index in [0.29, 0.717) is 23.9 Å². The zero-order chi connectivity index (χ0) is 18.6. The van der Waals surface area contributed by atoms with Crippen LogP contribution in [0.25, 0.3) is 11.4 Å². The van der Waals surface area contributed by atoms with Crippen molar-refractivity contribution in [2.45, 2.75) is 19.4 Å². The average molecular weight is 362 g/mol. The lowest BCUT2D eigenvalue weighted by atomic mass is 9.95. The smallest absolute Gasteiger partial charge is 0.165 e. The van der Waals surface area contributed by atoms with Gasteiger partial charge in [0.05, 0.1) is 24.8 Å². The van der Waals surface area contributed by atoms with E-state index in [9.17, 15) is 5.11 Å². The SMILES string of the molecule is Cc1cc(N[C@@H]2COC[C@H]2Cc2ccncc2)nc(-c2ccccc2O)n1. The van der Waals surface area contributed by atoms with E-state index in [1.54, 1.807) is 12.1 Å². The lowest BCUT2D eigenvalue weighted by Gasteiger charge is -2.20. The second-order valence-corrected chi connectivity index (χ2v) is 6.84. The Bertz CT molecular complexity index is 917. The van der Waals surface area contributed by atoms with Crippen molar-refractivity contribution >= 4 is 5.82 Å². The lowest BCUT2D eigenvalue weighted by Crippen LogP contribution is -2.29. The first-order chi connectivity index (χ1) is 13.2.